The van der Waals surface area contributed by atoms with E-state index < -0.39 is 14.8 Å². The zero-order valence-corrected chi connectivity index (χ0v) is 14.3. The molecule has 3 fully saturated rings. The number of primary sulfonamides is 1. The molecule has 23 heavy (non-hydrogen) atoms. The topological polar surface area (TPSA) is 110 Å². The van der Waals surface area contributed by atoms with Crippen molar-refractivity contribution in [1.82, 2.24) is 10.2 Å². The van der Waals surface area contributed by atoms with E-state index in [1.165, 1.54) is 0 Å². The van der Waals surface area contributed by atoms with Crippen molar-refractivity contribution in [3.05, 3.63) is 0 Å². The minimum Gasteiger partial charge on any atom is -0.359 e. The average molecular weight is 343 g/mol. The number of nitrogens with one attached hydrogen (secondary N) is 1. The molecule has 0 aromatic heterocycles. The summed E-state index contributed by atoms with van der Waals surface area (Å²) in [4.78, 5) is 26.4. The number of likely N-dealkylation sites (tertiary alicyclic amines) is 1. The summed E-state index contributed by atoms with van der Waals surface area (Å²) in [5, 5.41) is 8.02. The molecule has 0 unspecified atom stereocenters. The first kappa shape index (κ1) is 16.7. The molecule has 1 heterocycles. The van der Waals surface area contributed by atoms with Crippen LogP contribution in [0.3, 0.4) is 0 Å². The lowest BCUT2D eigenvalue weighted by atomic mass is 9.58. The Kier molecular flexibility index (Phi) is 3.95. The molecule has 2 aliphatic carbocycles. The van der Waals surface area contributed by atoms with E-state index in [1.54, 1.807) is 11.9 Å². The molecule has 0 atom stereocenters. The zero-order valence-electron chi connectivity index (χ0n) is 13.5. The summed E-state index contributed by atoms with van der Waals surface area (Å²) in [6.07, 6.45) is 5.04. The van der Waals surface area contributed by atoms with E-state index in [-0.39, 0.29) is 23.1 Å². The number of sulfonamides is 1. The van der Waals surface area contributed by atoms with Crippen LogP contribution in [0.15, 0.2) is 0 Å². The van der Waals surface area contributed by atoms with Crippen LogP contribution in [0.2, 0.25) is 0 Å². The van der Waals surface area contributed by atoms with Crippen molar-refractivity contribution in [3.8, 4) is 0 Å². The molecule has 2 amide bonds. The van der Waals surface area contributed by atoms with Gasteiger partial charge in [0.15, 0.2) is 4.75 Å². The Bertz CT molecular complexity index is 615. The van der Waals surface area contributed by atoms with Gasteiger partial charge in [0.2, 0.25) is 21.8 Å². The molecule has 0 spiro atoms. The zero-order chi connectivity index (χ0) is 16.9. The fourth-order valence-corrected chi connectivity index (χ4v) is 5.33. The highest BCUT2D eigenvalue weighted by Crippen LogP contribution is 2.51. The Morgan fingerprint density at radius 3 is 2.04 bits per heavy atom. The maximum absolute atomic E-state index is 12.5. The molecule has 1 saturated heterocycles. The van der Waals surface area contributed by atoms with Crippen LogP contribution in [-0.2, 0) is 19.6 Å². The van der Waals surface area contributed by atoms with Crippen molar-refractivity contribution in [3.63, 3.8) is 0 Å². The molecule has 3 N–H and O–H groups in total. The minimum atomic E-state index is -3.85. The molecule has 3 rings (SSSR count). The van der Waals surface area contributed by atoms with Gasteiger partial charge < -0.3 is 10.2 Å². The fourth-order valence-electron chi connectivity index (χ4n) is 4.28. The first-order valence-electron chi connectivity index (χ1n) is 8.31. The lowest BCUT2D eigenvalue weighted by Gasteiger charge is -2.49. The fraction of sp³-hybridized carbons (Fsp3) is 0.867. The Labute approximate surface area is 137 Å². The second-order valence-corrected chi connectivity index (χ2v) is 9.07. The van der Waals surface area contributed by atoms with Crippen molar-refractivity contribution < 1.29 is 18.0 Å². The van der Waals surface area contributed by atoms with E-state index in [0.29, 0.717) is 25.9 Å². The van der Waals surface area contributed by atoms with E-state index in [2.05, 4.69) is 5.32 Å². The van der Waals surface area contributed by atoms with Gasteiger partial charge in [0.05, 0.1) is 5.41 Å². The van der Waals surface area contributed by atoms with Gasteiger partial charge in [-0.15, -0.1) is 0 Å². The van der Waals surface area contributed by atoms with Gasteiger partial charge in [0, 0.05) is 20.1 Å². The predicted molar refractivity (Wildman–Crippen MR) is 84.7 cm³/mol. The third kappa shape index (κ3) is 2.46. The standard InChI is InChI=1S/C15H25N3O4S/c1-17-12(19)14(5-2-6-14)11-3-9-18(10-4-11)13(20)15(7-8-15)23(16,21)22/h11H,2-10H2,1H3,(H,17,19)(H2,16,21,22). The molecule has 8 heteroatoms. The highest BCUT2D eigenvalue weighted by Gasteiger charge is 2.61. The summed E-state index contributed by atoms with van der Waals surface area (Å²) in [5.74, 6) is 0.0302. The Hall–Kier alpha value is -1.15. The Morgan fingerprint density at radius 2 is 1.70 bits per heavy atom. The molecule has 3 aliphatic rings. The van der Waals surface area contributed by atoms with Crippen molar-refractivity contribution in [1.29, 1.82) is 0 Å². The number of nitrogens with zero attached hydrogens (tertiary/aromatic N) is 1. The number of carbonyl (C=O) groups is 2. The number of rotatable bonds is 4. The van der Waals surface area contributed by atoms with Crippen LogP contribution in [0.1, 0.15) is 44.9 Å². The number of carbonyl (C=O) groups excluding carboxylic acids is 2. The predicted octanol–water partition coefficient (Wildman–Crippen LogP) is -0.0376. The summed E-state index contributed by atoms with van der Waals surface area (Å²) in [6.45, 7) is 1.03. The summed E-state index contributed by atoms with van der Waals surface area (Å²) in [6, 6.07) is 0. The third-order valence-corrected chi connectivity index (χ3v) is 7.80. The number of nitrogens with two attached hydrogens (primary N) is 1. The molecule has 0 aromatic rings. The number of amides is 2. The van der Waals surface area contributed by atoms with Gasteiger partial charge in [-0.25, -0.2) is 13.6 Å². The second-order valence-electron chi connectivity index (χ2n) is 7.19. The van der Waals surface area contributed by atoms with Crippen LogP contribution in [0.4, 0.5) is 0 Å². The molecular formula is C15H25N3O4S. The summed E-state index contributed by atoms with van der Waals surface area (Å²) in [5.41, 5.74) is -0.277. The van der Waals surface area contributed by atoms with Gasteiger partial charge in [0.1, 0.15) is 0 Å². The smallest absolute Gasteiger partial charge is 0.245 e. The molecule has 0 aromatic carbocycles. The molecule has 2 saturated carbocycles. The molecule has 1 aliphatic heterocycles. The quantitative estimate of drug-likeness (QED) is 0.746. The monoisotopic (exact) mass is 343 g/mol. The van der Waals surface area contributed by atoms with Gasteiger partial charge in [-0.1, -0.05) is 6.42 Å². The summed E-state index contributed by atoms with van der Waals surface area (Å²) >= 11 is 0. The first-order valence-corrected chi connectivity index (χ1v) is 9.85. The molecule has 0 radical (unpaired) electrons. The van der Waals surface area contributed by atoms with Gasteiger partial charge in [-0.3, -0.25) is 9.59 Å². The summed E-state index contributed by atoms with van der Waals surface area (Å²) in [7, 11) is -2.18. The first-order chi connectivity index (χ1) is 10.8. The second kappa shape index (κ2) is 5.44. The number of piperidine rings is 1. The van der Waals surface area contributed by atoms with Crippen LogP contribution in [0, 0.1) is 11.3 Å². The molecule has 0 bridgehead atoms. The van der Waals surface area contributed by atoms with Crippen molar-refractivity contribution in [2.75, 3.05) is 20.1 Å². The van der Waals surface area contributed by atoms with Crippen molar-refractivity contribution in [2.45, 2.75) is 49.7 Å². The van der Waals surface area contributed by atoms with Crippen LogP contribution >= 0.6 is 0 Å². The maximum Gasteiger partial charge on any atom is 0.245 e. The molecule has 130 valence electrons. The van der Waals surface area contributed by atoms with E-state index in [4.69, 9.17) is 5.14 Å². The van der Waals surface area contributed by atoms with Gasteiger partial charge in [-0.2, -0.15) is 0 Å². The molecular weight excluding hydrogens is 318 g/mol. The lowest BCUT2D eigenvalue weighted by Crippen LogP contribution is -2.55. The van der Waals surface area contributed by atoms with E-state index >= 15 is 0 Å². The molecule has 7 nitrogen and oxygen atoms in total. The van der Waals surface area contributed by atoms with E-state index in [1.807, 2.05) is 0 Å². The summed E-state index contributed by atoms with van der Waals surface area (Å²) < 4.78 is 22.0. The van der Waals surface area contributed by atoms with Crippen LogP contribution < -0.4 is 10.5 Å². The maximum atomic E-state index is 12.5. The number of hydrogen-bond donors (Lipinski definition) is 2. The van der Waals surface area contributed by atoms with Crippen molar-refractivity contribution >= 4 is 21.8 Å². The third-order valence-electron chi connectivity index (χ3n) is 6.13. The van der Waals surface area contributed by atoms with Gasteiger partial charge in [0.25, 0.3) is 0 Å². The normalized spacial score (nSPS) is 26.3. The van der Waals surface area contributed by atoms with Crippen LogP contribution in [-0.4, -0.2) is 50.0 Å². The van der Waals surface area contributed by atoms with Crippen LogP contribution in [0.25, 0.3) is 0 Å². The van der Waals surface area contributed by atoms with Crippen molar-refractivity contribution in [2.24, 2.45) is 16.5 Å². The van der Waals surface area contributed by atoms with E-state index in [0.717, 1.165) is 32.1 Å². The highest BCUT2D eigenvalue weighted by molar-refractivity contribution is 7.91. The lowest BCUT2D eigenvalue weighted by molar-refractivity contribution is -0.144. The van der Waals surface area contributed by atoms with Crippen LogP contribution in [0.5, 0.6) is 0 Å². The van der Waals surface area contributed by atoms with E-state index in [9.17, 15) is 18.0 Å². The highest BCUT2D eigenvalue weighted by atomic mass is 32.2. The van der Waals surface area contributed by atoms with Gasteiger partial charge >= 0.3 is 0 Å². The average Bonchev–Trinajstić information content (AvgIpc) is 3.27. The minimum absolute atomic E-state index is 0.108. The largest absolute Gasteiger partial charge is 0.359 e. The SMILES string of the molecule is CNC(=O)C1(C2CCN(C(=O)C3(S(N)(=O)=O)CC3)CC2)CCC1. The number of hydrogen-bond acceptors (Lipinski definition) is 4. The Balaban J connectivity index is 1.65. The Morgan fingerprint density at radius 1 is 1.13 bits per heavy atom. The van der Waals surface area contributed by atoms with Gasteiger partial charge in [-0.05, 0) is 44.4 Å².